The molecule has 0 unspecified atom stereocenters. The molecule has 0 saturated carbocycles. The Morgan fingerprint density at radius 3 is 1.53 bits per heavy atom. The predicted octanol–water partition coefficient (Wildman–Crippen LogP) is 0.976. The SMILES string of the molecule is COC([Se]c1ccccc1)[Se]c1ccccc1. The zero-order valence-electron chi connectivity index (χ0n) is 9.58. The number of hydrogen-bond donors (Lipinski definition) is 0. The van der Waals surface area contributed by atoms with Crippen LogP contribution >= 0.6 is 0 Å². The Hall–Kier alpha value is -0.561. The van der Waals surface area contributed by atoms with Gasteiger partial charge in [0.1, 0.15) is 0 Å². The van der Waals surface area contributed by atoms with Crippen molar-refractivity contribution in [3.05, 3.63) is 60.7 Å². The van der Waals surface area contributed by atoms with Crippen molar-refractivity contribution in [3.8, 4) is 0 Å². The van der Waals surface area contributed by atoms with E-state index in [-0.39, 0.29) is 0 Å². The Kier molecular flexibility index (Phi) is 5.31. The first-order valence-electron chi connectivity index (χ1n) is 5.34. The standard InChI is InChI=1S/C14H14OSe2/c1-15-14(16-12-8-4-2-5-9-12)17-13-10-6-3-7-11-13/h2-11,14H,1H3. The van der Waals surface area contributed by atoms with Crippen LogP contribution in [0.1, 0.15) is 0 Å². The summed E-state index contributed by atoms with van der Waals surface area (Å²) in [6.45, 7) is 0. The Morgan fingerprint density at radius 1 is 0.765 bits per heavy atom. The second-order valence-electron chi connectivity index (χ2n) is 3.39. The van der Waals surface area contributed by atoms with Crippen LogP contribution in [0.5, 0.6) is 0 Å². The van der Waals surface area contributed by atoms with Gasteiger partial charge >= 0.3 is 115 Å². The van der Waals surface area contributed by atoms with Crippen molar-refractivity contribution in [3.63, 3.8) is 0 Å². The first kappa shape index (κ1) is 12.9. The van der Waals surface area contributed by atoms with Gasteiger partial charge in [0.05, 0.1) is 0 Å². The van der Waals surface area contributed by atoms with E-state index in [0.717, 1.165) is 0 Å². The molecule has 2 aromatic carbocycles. The molecular weight excluding hydrogens is 342 g/mol. The fourth-order valence-electron chi connectivity index (χ4n) is 1.34. The Morgan fingerprint density at radius 2 is 1.18 bits per heavy atom. The van der Waals surface area contributed by atoms with Gasteiger partial charge in [-0.05, 0) is 0 Å². The second-order valence-corrected chi connectivity index (χ2v) is 9.66. The predicted molar refractivity (Wildman–Crippen MR) is 74.5 cm³/mol. The average molecular weight is 356 g/mol. The summed E-state index contributed by atoms with van der Waals surface area (Å²) in [6.07, 6.45) is 0. The average Bonchev–Trinajstić information content (AvgIpc) is 2.40. The first-order chi connectivity index (χ1) is 8.38. The van der Waals surface area contributed by atoms with Crippen molar-refractivity contribution in [2.45, 2.75) is 3.90 Å². The number of ether oxygens (including phenoxy) is 1. The van der Waals surface area contributed by atoms with Gasteiger partial charge in [-0.2, -0.15) is 0 Å². The van der Waals surface area contributed by atoms with Gasteiger partial charge in [-0.3, -0.25) is 0 Å². The van der Waals surface area contributed by atoms with Gasteiger partial charge in [-0.1, -0.05) is 0 Å². The second kappa shape index (κ2) is 7.00. The molecule has 0 aliphatic heterocycles. The molecule has 2 rings (SSSR count). The maximum atomic E-state index is 5.61. The van der Waals surface area contributed by atoms with Crippen LogP contribution in [-0.2, 0) is 4.74 Å². The van der Waals surface area contributed by atoms with Gasteiger partial charge in [-0.15, -0.1) is 0 Å². The topological polar surface area (TPSA) is 9.23 Å². The Labute approximate surface area is 115 Å². The normalized spacial score (nSPS) is 10.7. The molecule has 0 spiro atoms. The third kappa shape index (κ3) is 4.31. The molecule has 0 heterocycles. The number of methoxy groups -OCH3 is 1. The molecule has 0 bridgehead atoms. The van der Waals surface area contributed by atoms with E-state index in [1.807, 2.05) is 7.11 Å². The number of hydrogen-bond acceptors (Lipinski definition) is 1. The molecule has 88 valence electrons. The molecule has 17 heavy (non-hydrogen) atoms. The Balaban J connectivity index is 1.98. The van der Waals surface area contributed by atoms with Crippen LogP contribution in [-0.4, -0.2) is 40.9 Å². The summed E-state index contributed by atoms with van der Waals surface area (Å²) in [7, 11) is 1.82. The van der Waals surface area contributed by atoms with Gasteiger partial charge in [0.25, 0.3) is 0 Å². The Bertz CT molecular complexity index is 389. The van der Waals surface area contributed by atoms with E-state index < -0.39 is 0 Å². The van der Waals surface area contributed by atoms with Crippen LogP contribution in [0.2, 0.25) is 0 Å². The molecule has 0 atom stereocenters. The van der Waals surface area contributed by atoms with Crippen LogP contribution < -0.4 is 8.92 Å². The van der Waals surface area contributed by atoms with E-state index >= 15 is 0 Å². The van der Waals surface area contributed by atoms with Crippen molar-refractivity contribution in [1.82, 2.24) is 0 Å². The molecule has 0 radical (unpaired) electrons. The first-order valence-corrected chi connectivity index (χ1v) is 9.04. The molecular formula is C14H14OSe2. The molecule has 3 heteroatoms. The van der Waals surface area contributed by atoms with Gasteiger partial charge in [0.2, 0.25) is 0 Å². The summed E-state index contributed by atoms with van der Waals surface area (Å²) in [4.78, 5) is 0. The fourth-order valence-corrected chi connectivity index (χ4v) is 7.04. The van der Waals surface area contributed by atoms with E-state index in [2.05, 4.69) is 60.7 Å². The summed E-state index contributed by atoms with van der Waals surface area (Å²) in [5, 5.41) is 0. The maximum absolute atomic E-state index is 5.61. The number of benzene rings is 2. The quantitative estimate of drug-likeness (QED) is 0.726. The molecule has 0 aliphatic carbocycles. The van der Waals surface area contributed by atoms with Crippen molar-refractivity contribution in [2.75, 3.05) is 7.11 Å². The van der Waals surface area contributed by atoms with Crippen LogP contribution in [0.4, 0.5) is 0 Å². The summed E-state index contributed by atoms with van der Waals surface area (Å²) in [5.41, 5.74) is 0. The third-order valence-corrected chi connectivity index (χ3v) is 8.14. The van der Waals surface area contributed by atoms with Crippen LogP contribution in [0.15, 0.2) is 60.7 Å². The zero-order valence-corrected chi connectivity index (χ0v) is 13.0. The minimum absolute atomic E-state index is 0.375. The van der Waals surface area contributed by atoms with Crippen molar-refractivity contribution in [1.29, 1.82) is 0 Å². The molecule has 0 N–H and O–H groups in total. The summed E-state index contributed by atoms with van der Waals surface area (Å²) in [5.74, 6) is 0. The third-order valence-electron chi connectivity index (χ3n) is 2.14. The van der Waals surface area contributed by atoms with Crippen molar-refractivity contribution >= 4 is 38.8 Å². The summed E-state index contributed by atoms with van der Waals surface area (Å²) in [6, 6.07) is 21.3. The van der Waals surface area contributed by atoms with Crippen LogP contribution in [0.3, 0.4) is 0 Å². The molecule has 0 aliphatic rings. The number of rotatable bonds is 5. The van der Waals surface area contributed by atoms with Gasteiger partial charge in [0, 0.05) is 0 Å². The van der Waals surface area contributed by atoms with E-state index in [1.165, 1.54) is 8.92 Å². The summed E-state index contributed by atoms with van der Waals surface area (Å²) >= 11 is 0.789. The summed E-state index contributed by atoms with van der Waals surface area (Å²) < 4.78 is 8.80. The van der Waals surface area contributed by atoms with Gasteiger partial charge in [0.15, 0.2) is 0 Å². The van der Waals surface area contributed by atoms with E-state index in [0.29, 0.717) is 33.8 Å². The molecule has 2 aromatic rings. The zero-order chi connectivity index (χ0) is 11.9. The van der Waals surface area contributed by atoms with Crippen LogP contribution in [0.25, 0.3) is 0 Å². The monoisotopic (exact) mass is 358 g/mol. The van der Waals surface area contributed by atoms with E-state index in [9.17, 15) is 0 Å². The van der Waals surface area contributed by atoms with Gasteiger partial charge in [-0.25, -0.2) is 0 Å². The fraction of sp³-hybridized carbons (Fsp3) is 0.143. The van der Waals surface area contributed by atoms with Crippen molar-refractivity contribution in [2.24, 2.45) is 0 Å². The molecule has 1 nitrogen and oxygen atoms in total. The van der Waals surface area contributed by atoms with Crippen molar-refractivity contribution < 1.29 is 4.74 Å². The van der Waals surface area contributed by atoms with Crippen LogP contribution in [0, 0.1) is 0 Å². The van der Waals surface area contributed by atoms with E-state index in [4.69, 9.17) is 4.74 Å². The minimum atomic E-state index is 0.375. The molecule has 0 saturated heterocycles. The van der Waals surface area contributed by atoms with Gasteiger partial charge < -0.3 is 0 Å². The molecule has 0 amide bonds. The molecule has 0 fully saturated rings. The molecule has 0 aromatic heterocycles. The van der Waals surface area contributed by atoms with E-state index in [1.54, 1.807) is 0 Å².